The molecule has 2 aliphatic carbocycles. The Kier molecular flexibility index (Phi) is 3.15. The molecular formula is C16H19ClN4O. The molecule has 4 rings (SSSR count). The van der Waals surface area contributed by atoms with Crippen LogP contribution in [0.1, 0.15) is 42.2 Å². The molecule has 5 nitrogen and oxygen atoms in total. The molecule has 2 heterocycles. The SMILES string of the molecule is CN(C)C(=O)c1cc2cnc(Cl)nc2n1[C@@H]1C[C@H]2CC[C@@H]1C2. The maximum Gasteiger partial charge on any atom is 0.270 e. The highest BCUT2D eigenvalue weighted by Crippen LogP contribution is 2.51. The van der Waals surface area contributed by atoms with Crippen molar-refractivity contribution in [2.75, 3.05) is 14.1 Å². The van der Waals surface area contributed by atoms with Crippen LogP contribution < -0.4 is 0 Å². The van der Waals surface area contributed by atoms with Gasteiger partial charge in [0.25, 0.3) is 5.91 Å². The molecule has 2 bridgehead atoms. The molecule has 0 saturated heterocycles. The Hall–Kier alpha value is -1.62. The quantitative estimate of drug-likeness (QED) is 0.799. The van der Waals surface area contributed by atoms with Crippen LogP contribution in [0.25, 0.3) is 11.0 Å². The fourth-order valence-corrected chi connectivity index (χ4v) is 4.37. The first-order valence-electron chi connectivity index (χ1n) is 7.79. The van der Waals surface area contributed by atoms with E-state index in [2.05, 4.69) is 14.5 Å². The zero-order valence-corrected chi connectivity index (χ0v) is 13.5. The summed E-state index contributed by atoms with van der Waals surface area (Å²) >= 11 is 6.00. The smallest absolute Gasteiger partial charge is 0.270 e. The molecule has 2 aliphatic rings. The number of carbonyl (C=O) groups excluding carboxylic acids is 1. The van der Waals surface area contributed by atoms with Crippen LogP contribution in [0.5, 0.6) is 0 Å². The van der Waals surface area contributed by atoms with E-state index >= 15 is 0 Å². The fraction of sp³-hybridized carbons (Fsp3) is 0.562. The number of fused-ring (bicyclic) bond motifs is 3. The van der Waals surface area contributed by atoms with Crippen LogP contribution in [0, 0.1) is 11.8 Å². The lowest BCUT2D eigenvalue weighted by Gasteiger charge is -2.26. The molecule has 3 atom stereocenters. The molecule has 0 radical (unpaired) electrons. The third-order valence-electron chi connectivity index (χ3n) is 5.20. The molecule has 0 aromatic carbocycles. The van der Waals surface area contributed by atoms with Crippen molar-refractivity contribution in [3.63, 3.8) is 0 Å². The summed E-state index contributed by atoms with van der Waals surface area (Å²) in [4.78, 5) is 22.7. The van der Waals surface area contributed by atoms with Crippen LogP contribution in [0.3, 0.4) is 0 Å². The second-order valence-corrected chi connectivity index (χ2v) is 7.10. The van der Waals surface area contributed by atoms with E-state index in [0.29, 0.717) is 17.7 Å². The van der Waals surface area contributed by atoms with Crippen molar-refractivity contribution in [2.24, 2.45) is 11.8 Å². The summed E-state index contributed by atoms with van der Waals surface area (Å²) in [6.07, 6.45) is 6.71. The van der Waals surface area contributed by atoms with Crippen molar-refractivity contribution >= 4 is 28.5 Å². The zero-order chi connectivity index (χ0) is 15.4. The largest absolute Gasteiger partial charge is 0.343 e. The normalized spacial score (nSPS) is 26.8. The predicted octanol–water partition coefficient (Wildman–Crippen LogP) is 3.15. The van der Waals surface area contributed by atoms with Crippen LogP contribution in [0.15, 0.2) is 12.3 Å². The molecule has 22 heavy (non-hydrogen) atoms. The second-order valence-electron chi connectivity index (χ2n) is 6.76. The monoisotopic (exact) mass is 318 g/mol. The van der Waals surface area contributed by atoms with Crippen molar-refractivity contribution in [1.29, 1.82) is 0 Å². The van der Waals surface area contributed by atoms with Crippen molar-refractivity contribution in [3.05, 3.63) is 23.2 Å². The highest BCUT2D eigenvalue weighted by Gasteiger charge is 2.42. The number of hydrogen-bond donors (Lipinski definition) is 0. The van der Waals surface area contributed by atoms with Gasteiger partial charge >= 0.3 is 0 Å². The van der Waals surface area contributed by atoms with Gasteiger partial charge in [0.2, 0.25) is 5.28 Å². The van der Waals surface area contributed by atoms with Gasteiger partial charge in [0.1, 0.15) is 11.3 Å². The molecule has 6 heteroatoms. The average Bonchev–Trinajstić information content (AvgIpc) is 3.18. The van der Waals surface area contributed by atoms with E-state index in [1.54, 1.807) is 25.2 Å². The number of hydrogen-bond acceptors (Lipinski definition) is 3. The molecule has 2 fully saturated rings. The second kappa shape index (κ2) is 4.95. The van der Waals surface area contributed by atoms with Gasteiger partial charge in [0, 0.05) is 31.7 Å². The van der Waals surface area contributed by atoms with E-state index < -0.39 is 0 Å². The predicted molar refractivity (Wildman–Crippen MR) is 85.0 cm³/mol. The Bertz CT molecular complexity index is 754. The fourth-order valence-electron chi connectivity index (χ4n) is 4.24. The van der Waals surface area contributed by atoms with Crippen LogP contribution in [0.2, 0.25) is 5.28 Å². The van der Waals surface area contributed by atoms with E-state index in [1.165, 1.54) is 19.3 Å². The first kappa shape index (κ1) is 14.0. The van der Waals surface area contributed by atoms with Crippen LogP contribution >= 0.6 is 11.6 Å². The lowest BCUT2D eigenvalue weighted by Crippen LogP contribution is -2.27. The van der Waals surface area contributed by atoms with E-state index in [9.17, 15) is 4.79 Å². The van der Waals surface area contributed by atoms with E-state index in [-0.39, 0.29) is 11.2 Å². The minimum absolute atomic E-state index is 0.0110. The van der Waals surface area contributed by atoms with Gasteiger partial charge in [-0.05, 0) is 48.8 Å². The van der Waals surface area contributed by atoms with Crippen LogP contribution in [-0.4, -0.2) is 39.4 Å². The minimum atomic E-state index is 0.0110. The van der Waals surface area contributed by atoms with Gasteiger partial charge in [0.05, 0.1) is 0 Å². The van der Waals surface area contributed by atoms with Crippen molar-refractivity contribution in [3.8, 4) is 0 Å². The third-order valence-corrected chi connectivity index (χ3v) is 5.39. The van der Waals surface area contributed by atoms with Gasteiger partial charge < -0.3 is 9.47 Å². The summed E-state index contributed by atoms with van der Waals surface area (Å²) in [5.41, 5.74) is 1.50. The summed E-state index contributed by atoms with van der Waals surface area (Å²) in [5.74, 6) is 1.46. The van der Waals surface area contributed by atoms with Gasteiger partial charge in [-0.3, -0.25) is 4.79 Å². The highest BCUT2D eigenvalue weighted by molar-refractivity contribution is 6.28. The summed E-state index contributed by atoms with van der Waals surface area (Å²) in [5, 5.41) is 1.12. The zero-order valence-electron chi connectivity index (χ0n) is 12.8. The molecule has 1 amide bonds. The number of halogens is 1. The molecule has 0 spiro atoms. The maximum absolute atomic E-state index is 12.6. The standard InChI is InChI=1S/C16H19ClN4O/c1-20(2)15(22)13-7-11-8-18-16(17)19-14(11)21(13)12-6-9-3-4-10(12)5-9/h7-10,12H,3-6H2,1-2H3/t9-,10+,12+/m0/s1. The molecule has 2 aromatic heterocycles. The lowest BCUT2D eigenvalue weighted by atomic mass is 9.95. The molecule has 0 aliphatic heterocycles. The minimum Gasteiger partial charge on any atom is -0.343 e. The van der Waals surface area contributed by atoms with Crippen LogP contribution in [0.4, 0.5) is 0 Å². The van der Waals surface area contributed by atoms with Gasteiger partial charge in [-0.2, -0.15) is 4.98 Å². The Morgan fingerprint density at radius 1 is 1.36 bits per heavy atom. The van der Waals surface area contributed by atoms with Gasteiger partial charge in [-0.1, -0.05) is 6.42 Å². The van der Waals surface area contributed by atoms with Crippen molar-refractivity contribution < 1.29 is 4.79 Å². The third kappa shape index (κ3) is 2.02. The Morgan fingerprint density at radius 2 is 2.18 bits per heavy atom. The lowest BCUT2D eigenvalue weighted by molar-refractivity contribution is 0.0813. The number of carbonyl (C=O) groups is 1. The number of amides is 1. The first-order valence-corrected chi connectivity index (χ1v) is 8.17. The molecule has 116 valence electrons. The van der Waals surface area contributed by atoms with Gasteiger partial charge in [0.15, 0.2) is 0 Å². The molecule has 2 saturated carbocycles. The van der Waals surface area contributed by atoms with Crippen molar-refractivity contribution in [1.82, 2.24) is 19.4 Å². The Balaban J connectivity index is 1.91. The summed E-state index contributed by atoms with van der Waals surface area (Å²) in [6, 6.07) is 2.26. The molecular weight excluding hydrogens is 300 g/mol. The number of aromatic nitrogens is 3. The highest BCUT2D eigenvalue weighted by atomic mass is 35.5. The Labute approximate surface area is 134 Å². The maximum atomic E-state index is 12.6. The van der Waals surface area contributed by atoms with Gasteiger partial charge in [-0.25, -0.2) is 4.98 Å². The average molecular weight is 319 g/mol. The Morgan fingerprint density at radius 3 is 2.82 bits per heavy atom. The van der Waals surface area contributed by atoms with E-state index in [1.807, 2.05) is 6.07 Å². The summed E-state index contributed by atoms with van der Waals surface area (Å²) in [6.45, 7) is 0. The molecule has 0 unspecified atom stereocenters. The first-order chi connectivity index (χ1) is 10.5. The van der Waals surface area contributed by atoms with E-state index in [0.717, 1.165) is 23.4 Å². The summed E-state index contributed by atoms with van der Waals surface area (Å²) in [7, 11) is 3.56. The summed E-state index contributed by atoms with van der Waals surface area (Å²) < 4.78 is 2.13. The molecule has 2 aromatic rings. The molecule has 0 N–H and O–H groups in total. The van der Waals surface area contributed by atoms with E-state index in [4.69, 9.17) is 11.6 Å². The number of nitrogens with zero attached hydrogens (tertiary/aromatic N) is 4. The van der Waals surface area contributed by atoms with Crippen molar-refractivity contribution in [2.45, 2.75) is 31.7 Å². The topological polar surface area (TPSA) is 51.0 Å². The number of rotatable bonds is 2. The van der Waals surface area contributed by atoms with Crippen LogP contribution in [-0.2, 0) is 0 Å². The van der Waals surface area contributed by atoms with Gasteiger partial charge in [-0.15, -0.1) is 0 Å².